The van der Waals surface area contributed by atoms with Crippen LogP contribution in [0.1, 0.15) is 31.2 Å². The van der Waals surface area contributed by atoms with Crippen molar-refractivity contribution in [2.24, 2.45) is 11.8 Å². The van der Waals surface area contributed by atoms with Gasteiger partial charge >= 0.3 is 0 Å². The zero-order valence-electron chi connectivity index (χ0n) is 12.1. The van der Waals surface area contributed by atoms with E-state index in [1.165, 1.54) is 31.1 Å². The average molecular weight is 291 g/mol. The van der Waals surface area contributed by atoms with Gasteiger partial charge in [0.2, 0.25) is 5.91 Å². The molecule has 1 amide bonds. The van der Waals surface area contributed by atoms with E-state index in [0.717, 1.165) is 18.4 Å². The Kier molecular flexibility index (Phi) is 5.93. The molecule has 0 aromatic heterocycles. The number of rotatable bonds is 5. The molecule has 0 saturated heterocycles. The van der Waals surface area contributed by atoms with E-state index in [0.29, 0.717) is 18.4 Å². The molecule has 1 aromatic rings. The lowest BCUT2D eigenvalue weighted by Gasteiger charge is -2.30. The summed E-state index contributed by atoms with van der Waals surface area (Å²) in [7, 11) is 0. The van der Waals surface area contributed by atoms with E-state index >= 15 is 0 Å². The van der Waals surface area contributed by atoms with E-state index in [1.807, 2.05) is 0 Å². The number of nitrogens with one attached hydrogen (secondary N) is 1. The molecule has 1 aliphatic carbocycles. The van der Waals surface area contributed by atoms with E-state index in [1.54, 1.807) is 18.2 Å². The summed E-state index contributed by atoms with van der Waals surface area (Å²) in [6, 6.07) is 5.99. The molecule has 2 atom stereocenters. The summed E-state index contributed by atoms with van der Waals surface area (Å²) in [5, 5.41) is 12.2. The van der Waals surface area contributed by atoms with Crippen molar-refractivity contribution in [3.8, 4) is 0 Å². The first-order valence-electron chi connectivity index (χ1n) is 7.51. The van der Waals surface area contributed by atoms with Gasteiger partial charge in [-0.05, 0) is 48.4 Å². The molecule has 1 saturated carbocycles. The Morgan fingerprint density at radius 2 is 1.90 bits per heavy atom. The molecule has 4 heteroatoms. The van der Waals surface area contributed by atoms with E-state index in [9.17, 15) is 14.3 Å². The van der Waals surface area contributed by atoms with Gasteiger partial charge in [0.25, 0.3) is 0 Å². The molecular formula is C17H22FNO2. The third-order valence-electron chi connectivity index (χ3n) is 4.14. The van der Waals surface area contributed by atoms with Crippen LogP contribution in [0, 0.1) is 17.7 Å². The normalized spacial score (nSPS) is 22.4. The Labute approximate surface area is 124 Å². The highest BCUT2D eigenvalue weighted by atomic mass is 19.1. The van der Waals surface area contributed by atoms with Crippen molar-refractivity contribution in [3.05, 3.63) is 41.7 Å². The molecule has 0 aliphatic heterocycles. The quantitative estimate of drug-likeness (QED) is 0.820. The Hall–Kier alpha value is -1.68. The van der Waals surface area contributed by atoms with Gasteiger partial charge in [-0.3, -0.25) is 4.79 Å². The average Bonchev–Trinajstić information content (AvgIpc) is 2.52. The molecule has 0 bridgehead atoms. The van der Waals surface area contributed by atoms with Gasteiger partial charge in [-0.15, -0.1) is 0 Å². The Bertz CT molecular complexity index is 484. The predicted octanol–water partition coefficient (Wildman–Crippen LogP) is 2.75. The number of hydrogen-bond donors (Lipinski definition) is 2. The number of aliphatic hydroxyl groups excluding tert-OH is 1. The highest BCUT2D eigenvalue weighted by Crippen LogP contribution is 2.28. The van der Waals surface area contributed by atoms with Gasteiger partial charge < -0.3 is 10.4 Å². The molecule has 0 heterocycles. The van der Waals surface area contributed by atoms with Crippen molar-refractivity contribution < 1.29 is 14.3 Å². The fraction of sp³-hybridized carbons (Fsp3) is 0.471. The van der Waals surface area contributed by atoms with Gasteiger partial charge in [0.05, 0.1) is 0 Å². The van der Waals surface area contributed by atoms with Crippen LogP contribution in [0.2, 0.25) is 0 Å². The molecule has 2 rings (SSSR count). The van der Waals surface area contributed by atoms with Crippen LogP contribution in [0.4, 0.5) is 4.39 Å². The molecule has 1 aromatic carbocycles. The number of hydrogen-bond acceptors (Lipinski definition) is 2. The fourth-order valence-corrected chi connectivity index (χ4v) is 2.83. The molecule has 2 N–H and O–H groups in total. The number of benzene rings is 1. The summed E-state index contributed by atoms with van der Waals surface area (Å²) in [5.41, 5.74) is 0.789. The number of carbonyl (C=O) groups excluding carboxylic acids is 1. The third-order valence-corrected chi connectivity index (χ3v) is 4.14. The van der Waals surface area contributed by atoms with Gasteiger partial charge in [0.15, 0.2) is 0 Å². The topological polar surface area (TPSA) is 49.3 Å². The minimum Gasteiger partial charge on any atom is -0.396 e. The van der Waals surface area contributed by atoms with E-state index in [2.05, 4.69) is 5.32 Å². The van der Waals surface area contributed by atoms with Crippen LogP contribution in [-0.2, 0) is 4.79 Å². The van der Waals surface area contributed by atoms with Crippen molar-refractivity contribution in [1.29, 1.82) is 0 Å². The zero-order valence-corrected chi connectivity index (χ0v) is 12.1. The van der Waals surface area contributed by atoms with Gasteiger partial charge in [-0.25, -0.2) is 4.39 Å². The summed E-state index contributed by atoms with van der Waals surface area (Å²) in [6.45, 7) is 0.809. The second-order valence-corrected chi connectivity index (χ2v) is 5.62. The van der Waals surface area contributed by atoms with Crippen LogP contribution in [0.3, 0.4) is 0 Å². The minimum absolute atomic E-state index is 0.151. The van der Waals surface area contributed by atoms with Gasteiger partial charge in [0.1, 0.15) is 5.82 Å². The van der Waals surface area contributed by atoms with Crippen molar-refractivity contribution in [1.82, 2.24) is 5.32 Å². The first-order chi connectivity index (χ1) is 10.2. The monoisotopic (exact) mass is 291 g/mol. The SMILES string of the molecule is O=C(C=Cc1ccc(F)cc1)NCC1CCCCC1CO. The fourth-order valence-electron chi connectivity index (χ4n) is 2.83. The first-order valence-corrected chi connectivity index (χ1v) is 7.51. The number of aliphatic hydroxyl groups is 1. The van der Waals surface area contributed by atoms with Crippen LogP contribution >= 0.6 is 0 Å². The molecule has 21 heavy (non-hydrogen) atoms. The first kappa shape index (κ1) is 15.7. The van der Waals surface area contributed by atoms with Crippen molar-refractivity contribution in [2.75, 3.05) is 13.2 Å². The molecule has 3 nitrogen and oxygen atoms in total. The molecule has 1 aliphatic rings. The van der Waals surface area contributed by atoms with E-state index < -0.39 is 0 Å². The smallest absolute Gasteiger partial charge is 0.244 e. The molecule has 2 unspecified atom stereocenters. The summed E-state index contributed by atoms with van der Waals surface area (Å²) >= 11 is 0. The Morgan fingerprint density at radius 1 is 1.24 bits per heavy atom. The highest BCUT2D eigenvalue weighted by Gasteiger charge is 2.24. The molecule has 1 fully saturated rings. The van der Waals surface area contributed by atoms with Gasteiger partial charge in [0, 0.05) is 19.2 Å². The number of carbonyl (C=O) groups is 1. The second-order valence-electron chi connectivity index (χ2n) is 5.62. The van der Waals surface area contributed by atoms with Crippen LogP contribution in [0.25, 0.3) is 6.08 Å². The van der Waals surface area contributed by atoms with Crippen molar-refractivity contribution in [2.45, 2.75) is 25.7 Å². The van der Waals surface area contributed by atoms with Crippen molar-refractivity contribution >= 4 is 12.0 Å². The lowest BCUT2D eigenvalue weighted by atomic mass is 9.79. The summed E-state index contributed by atoms with van der Waals surface area (Å²) in [6.07, 6.45) is 7.57. The highest BCUT2D eigenvalue weighted by molar-refractivity contribution is 5.91. The van der Waals surface area contributed by atoms with E-state index in [-0.39, 0.29) is 18.3 Å². The maximum atomic E-state index is 12.8. The number of halogens is 1. The Morgan fingerprint density at radius 3 is 2.57 bits per heavy atom. The van der Waals surface area contributed by atoms with Crippen LogP contribution in [0.5, 0.6) is 0 Å². The van der Waals surface area contributed by atoms with Crippen LogP contribution in [-0.4, -0.2) is 24.2 Å². The standard InChI is InChI=1S/C17H22FNO2/c18-16-8-5-13(6-9-16)7-10-17(21)19-11-14-3-1-2-4-15(14)12-20/h5-10,14-15,20H,1-4,11-12H2,(H,19,21). The molecule has 0 radical (unpaired) electrons. The maximum absolute atomic E-state index is 12.8. The summed E-state index contributed by atoms with van der Waals surface area (Å²) in [4.78, 5) is 11.8. The molecule has 114 valence electrons. The Balaban J connectivity index is 1.80. The lowest BCUT2D eigenvalue weighted by Crippen LogP contribution is -2.34. The van der Waals surface area contributed by atoms with Crippen molar-refractivity contribution in [3.63, 3.8) is 0 Å². The minimum atomic E-state index is -0.288. The van der Waals surface area contributed by atoms with Gasteiger partial charge in [-0.1, -0.05) is 25.0 Å². The third kappa shape index (κ3) is 4.97. The maximum Gasteiger partial charge on any atom is 0.244 e. The lowest BCUT2D eigenvalue weighted by molar-refractivity contribution is -0.116. The van der Waals surface area contributed by atoms with Crippen LogP contribution < -0.4 is 5.32 Å². The largest absolute Gasteiger partial charge is 0.396 e. The molecule has 0 spiro atoms. The zero-order chi connectivity index (χ0) is 15.1. The van der Waals surface area contributed by atoms with Gasteiger partial charge in [-0.2, -0.15) is 0 Å². The number of amides is 1. The summed E-state index contributed by atoms with van der Waals surface area (Å²) in [5.74, 6) is 0.234. The predicted molar refractivity (Wildman–Crippen MR) is 81.0 cm³/mol. The molecular weight excluding hydrogens is 269 g/mol. The van der Waals surface area contributed by atoms with E-state index in [4.69, 9.17) is 0 Å². The second kappa shape index (κ2) is 7.93. The van der Waals surface area contributed by atoms with Crippen LogP contribution in [0.15, 0.2) is 30.3 Å². The summed E-state index contributed by atoms with van der Waals surface area (Å²) < 4.78 is 12.8.